The van der Waals surface area contributed by atoms with Gasteiger partial charge in [-0.15, -0.1) is 0 Å². The highest BCUT2D eigenvalue weighted by molar-refractivity contribution is 7.71. The average Bonchev–Trinajstić information content (AvgIpc) is 2.66. The summed E-state index contributed by atoms with van der Waals surface area (Å²) in [6.45, 7) is 0. The van der Waals surface area contributed by atoms with Crippen LogP contribution in [0.25, 0.3) is 16.7 Å². The molecule has 3 rings (SSSR count). The Hall–Kier alpha value is -1.65. The Labute approximate surface area is 113 Å². The quantitative estimate of drug-likeness (QED) is 0.651. The Morgan fingerprint density at radius 2 is 1.94 bits per heavy atom. The summed E-state index contributed by atoms with van der Waals surface area (Å²) in [6.07, 6.45) is 0. The molecule has 0 radical (unpaired) electrons. The molecule has 2 aromatic carbocycles. The number of halogens is 2. The van der Waals surface area contributed by atoms with Crippen LogP contribution >= 0.6 is 23.8 Å². The lowest BCUT2D eigenvalue weighted by Crippen LogP contribution is -1.94. The molecule has 0 aliphatic rings. The number of imidazole rings is 1. The molecule has 5 heteroatoms. The van der Waals surface area contributed by atoms with Crippen molar-refractivity contribution in [2.24, 2.45) is 0 Å². The fourth-order valence-electron chi connectivity index (χ4n) is 1.95. The maximum absolute atomic E-state index is 13.3. The zero-order chi connectivity index (χ0) is 12.7. The third-order valence-electron chi connectivity index (χ3n) is 2.74. The predicted octanol–water partition coefficient (Wildman–Crippen LogP) is 4.48. The number of nitrogens with zero attached hydrogens (tertiary/aromatic N) is 1. The molecule has 1 N–H and O–H groups in total. The molecule has 0 unspecified atom stereocenters. The summed E-state index contributed by atoms with van der Waals surface area (Å²) in [5.74, 6) is -0.308. The first-order valence-electron chi connectivity index (χ1n) is 5.32. The van der Waals surface area contributed by atoms with E-state index in [1.807, 2.05) is 18.2 Å². The highest BCUT2D eigenvalue weighted by Crippen LogP contribution is 2.25. The number of hydrogen-bond acceptors (Lipinski definition) is 1. The molecule has 0 spiro atoms. The second-order valence-corrected chi connectivity index (χ2v) is 4.67. The molecule has 3 aromatic rings. The van der Waals surface area contributed by atoms with Gasteiger partial charge in [-0.25, -0.2) is 4.39 Å². The van der Waals surface area contributed by atoms with Gasteiger partial charge in [0.05, 0.1) is 21.7 Å². The topological polar surface area (TPSA) is 20.7 Å². The maximum Gasteiger partial charge on any atom is 0.182 e. The molecule has 1 heterocycles. The molecule has 18 heavy (non-hydrogen) atoms. The zero-order valence-corrected chi connectivity index (χ0v) is 10.7. The van der Waals surface area contributed by atoms with E-state index in [1.165, 1.54) is 12.1 Å². The van der Waals surface area contributed by atoms with E-state index in [1.54, 1.807) is 16.7 Å². The molecular weight excluding hydrogens is 271 g/mol. The van der Waals surface area contributed by atoms with Crippen molar-refractivity contribution in [3.8, 4) is 5.69 Å². The SMILES string of the molecule is Fc1ccc2[nH]c(=S)n(-c3ccccc3Cl)c2c1. The van der Waals surface area contributed by atoms with Gasteiger partial charge in [-0.3, -0.25) is 4.57 Å². The van der Waals surface area contributed by atoms with Gasteiger partial charge >= 0.3 is 0 Å². The molecule has 0 aliphatic heterocycles. The van der Waals surface area contributed by atoms with Crippen LogP contribution in [-0.2, 0) is 0 Å². The van der Waals surface area contributed by atoms with Gasteiger partial charge < -0.3 is 4.98 Å². The fourth-order valence-corrected chi connectivity index (χ4v) is 2.48. The number of aromatic nitrogens is 2. The van der Waals surface area contributed by atoms with Crippen molar-refractivity contribution < 1.29 is 4.39 Å². The first-order chi connectivity index (χ1) is 8.66. The number of para-hydroxylation sites is 1. The molecule has 0 saturated heterocycles. The number of benzene rings is 2. The lowest BCUT2D eigenvalue weighted by molar-refractivity contribution is 0.629. The van der Waals surface area contributed by atoms with Crippen molar-refractivity contribution in [1.82, 2.24) is 9.55 Å². The van der Waals surface area contributed by atoms with Gasteiger partial charge in [0, 0.05) is 6.07 Å². The van der Waals surface area contributed by atoms with E-state index in [0.29, 0.717) is 15.3 Å². The number of nitrogens with one attached hydrogen (secondary N) is 1. The second kappa shape index (κ2) is 4.23. The van der Waals surface area contributed by atoms with Gasteiger partial charge in [-0.1, -0.05) is 23.7 Å². The van der Waals surface area contributed by atoms with E-state index in [2.05, 4.69) is 4.98 Å². The normalized spacial score (nSPS) is 11.0. The molecular formula is C13H8ClFN2S. The van der Waals surface area contributed by atoms with Gasteiger partial charge in [0.2, 0.25) is 0 Å². The Kier molecular flexibility index (Phi) is 2.69. The molecule has 0 atom stereocenters. The molecule has 0 aliphatic carbocycles. The van der Waals surface area contributed by atoms with E-state index in [9.17, 15) is 4.39 Å². The van der Waals surface area contributed by atoms with Gasteiger partial charge in [0.25, 0.3) is 0 Å². The molecule has 1 aromatic heterocycles. The third-order valence-corrected chi connectivity index (χ3v) is 3.34. The summed E-state index contributed by atoms with van der Waals surface area (Å²) < 4.78 is 15.6. The highest BCUT2D eigenvalue weighted by Gasteiger charge is 2.09. The van der Waals surface area contributed by atoms with Crippen molar-refractivity contribution in [1.29, 1.82) is 0 Å². The smallest absolute Gasteiger partial charge is 0.182 e. The molecule has 0 amide bonds. The van der Waals surface area contributed by atoms with Gasteiger partial charge in [0.1, 0.15) is 5.82 Å². The lowest BCUT2D eigenvalue weighted by Gasteiger charge is -2.06. The Morgan fingerprint density at radius 1 is 1.17 bits per heavy atom. The minimum absolute atomic E-state index is 0.308. The number of rotatable bonds is 1. The van der Waals surface area contributed by atoms with Crippen LogP contribution in [0, 0.1) is 10.6 Å². The van der Waals surface area contributed by atoms with Gasteiger partial charge in [0.15, 0.2) is 4.77 Å². The van der Waals surface area contributed by atoms with Crippen LogP contribution < -0.4 is 0 Å². The van der Waals surface area contributed by atoms with Crippen LogP contribution in [0.2, 0.25) is 5.02 Å². The minimum Gasteiger partial charge on any atom is -0.330 e. The van der Waals surface area contributed by atoms with Crippen LogP contribution in [0.3, 0.4) is 0 Å². The summed E-state index contributed by atoms with van der Waals surface area (Å²) in [4.78, 5) is 3.03. The van der Waals surface area contributed by atoms with Gasteiger partial charge in [-0.05, 0) is 36.5 Å². The van der Waals surface area contributed by atoms with Crippen molar-refractivity contribution in [2.45, 2.75) is 0 Å². The number of aromatic amines is 1. The summed E-state index contributed by atoms with van der Waals surface area (Å²) in [5, 5.41) is 0.568. The van der Waals surface area contributed by atoms with Crippen molar-refractivity contribution in [3.63, 3.8) is 0 Å². The summed E-state index contributed by atoms with van der Waals surface area (Å²) >= 11 is 11.4. The average molecular weight is 279 g/mol. The standard InChI is InChI=1S/C13H8ClFN2S/c14-9-3-1-2-4-11(9)17-12-7-8(15)5-6-10(12)16-13(17)18/h1-7H,(H,16,18). The molecule has 0 saturated carbocycles. The van der Waals surface area contributed by atoms with Crippen molar-refractivity contribution in [2.75, 3.05) is 0 Å². The van der Waals surface area contributed by atoms with E-state index in [0.717, 1.165) is 11.2 Å². The molecule has 90 valence electrons. The highest BCUT2D eigenvalue weighted by atomic mass is 35.5. The minimum atomic E-state index is -0.308. The maximum atomic E-state index is 13.3. The summed E-state index contributed by atoms with van der Waals surface area (Å²) in [5.41, 5.74) is 2.19. The van der Waals surface area contributed by atoms with Crippen LogP contribution in [-0.4, -0.2) is 9.55 Å². The molecule has 0 bridgehead atoms. The Morgan fingerprint density at radius 3 is 2.72 bits per heavy atom. The number of hydrogen-bond donors (Lipinski definition) is 1. The monoisotopic (exact) mass is 278 g/mol. The van der Waals surface area contributed by atoms with E-state index in [-0.39, 0.29) is 5.82 Å². The van der Waals surface area contributed by atoms with Crippen molar-refractivity contribution in [3.05, 3.63) is 58.1 Å². The molecule has 0 fully saturated rings. The van der Waals surface area contributed by atoms with Crippen LogP contribution in [0.1, 0.15) is 0 Å². The lowest BCUT2D eigenvalue weighted by atomic mass is 10.2. The zero-order valence-electron chi connectivity index (χ0n) is 9.15. The molecule has 2 nitrogen and oxygen atoms in total. The Balaban J connectivity index is 2.42. The van der Waals surface area contributed by atoms with Gasteiger partial charge in [-0.2, -0.15) is 0 Å². The Bertz CT molecular complexity index is 791. The van der Waals surface area contributed by atoms with Crippen LogP contribution in [0.15, 0.2) is 42.5 Å². The number of H-pyrrole nitrogens is 1. The first kappa shape index (κ1) is 11.4. The van der Waals surface area contributed by atoms with Crippen LogP contribution in [0.5, 0.6) is 0 Å². The van der Waals surface area contributed by atoms with E-state index >= 15 is 0 Å². The van der Waals surface area contributed by atoms with Crippen molar-refractivity contribution >= 4 is 34.9 Å². The predicted molar refractivity (Wildman–Crippen MR) is 73.4 cm³/mol. The van der Waals surface area contributed by atoms with E-state index in [4.69, 9.17) is 23.8 Å². The number of fused-ring (bicyclic) bond motifs is 1. The summed E-state index contributed by atoms with van der Waals surface area (Å²) in [7, 11) is 0. The second-order valence-electron chi connectivity index (χ2n) is 3.88. The first-order valence-corrected chi connectivity index (χ1v) is 6.10. The van der Waals surface area contributed by atoms with Crippen LogP contribution in [0.4, 0.5) is 4.39 Å². The fraction of sp³-hybridized carbons (Fsp3) is 0. The third kappa shape index (κ3) is 1.74. The van der Waals surface area contributed by atoms with E-state index < -0.39 is 0 Å². The summed E-state index contributed by atoms with van der Waals surface area (Å²) in [6, 6.07) is 11.8. The largest absolute Gasteiger partial charge is 0.330 e.